The zero-order valence-corrected chi connectivity index (χ0v) is 10.5. The molecule has 2 nitrogen and oxygen atoms in total. The maximum absolute atomic E-state index is 4.80. The van der Waals surface area contributed by atoms with Crippen molar-refractivity contribution in [1.82, 2.24) is 10.3 Å². The maximum atomic E-state index is 4.80. The first-order chi connectivity index (χ1) is 7.75. The Balaban J connectivity index is 2.08. The summed E-state index contributed by atoms with van der Waals surface area (Å²) in [6, 6.07) is 6.89. The van der Waals surface area contributed by atoms with E-state index in [1.807, 2.05) is 11.3 Å². The number of nitrogens with zero attached hydrogens (tertiary/aromatic N) is 1. The van der Waals surface area contributed by atoms with Gasteiger partial charge in [-0.3, -0.25) is 0 Å². The summed E-state index contributed by atoms with van der Waals surface area (Å²) in [5.41, 5.74) is 2.47. The largest absolute Gasteiger partial charge is 0.308 e. The first-order valence-corrected chi connectivity index (χ1v) is 6.67. The fourth-order valence-electron chi connectivity index (χ4n) is 2.40. The second kappa shape index (κ2) is 3.82. The van der Waals surface area contributed by atoms with Crippen LogP contribution in [-0.2, 0) is 0 Å². The van der Waals surface area contributed by atoms with Crippen LogP contribution in [0.1, 0.15) is 30.0 Å². The Hall–Kier alpha value is -0.930. The van der Waals surface area contributed by atoms with Gasteiger partial charge in [0.15, 0.2) is 0 Å². The zero-order valence-electron chi connectivity index (χ0n) is 9.66. The van der Waals surface area contributed by atoms with Gasteiger partial charge >= 0.3 is 0 Å². The van der Waals surface area contributed by atoms with E-state index in [9.17, 15) is 0 Å². The molecule has 2 aromatic rings. The van der Waals surface area contributed by atoms with Gasteiger partial charge in [-0.25, -0.2) is 4.98 Å². The van der Waals surface area contributed by atoms with E-state index in [0.29, 0.717) is 12.0 Å². The quantitative estimate of drug-likeness (QED) is 0.816. The second-order valence-corrected chi connectivity index (χ2v) is 5.73. The lowest BCUT2D eigenvalue weighted by Crippen LogP contribution is -2.15. The third-order valence-corrected chi connectivity index (χ3v) is 4.54. The van der Waals surface area contributed by atoms with Crippen LogP contribution in [0, 0.1) is 12.8 Å². The van der Waals surface area contributed by atoms with Gasteiger partial charge in [0.05, 0.1) is 16.3 Å². The smallest absolute Gasteiger partial charge is 0.111 e. The summed E-state index contributed by atoms with van der Waals surface area (Å²) in [6.45, 7) is 5.57. The highest BCUT2D eigenvalue weighted by Crippen LogP contribution is 2.34. The summed E-state index contributed by atoms with van der Waals surface area (Å²) in [7, 11) is 0. The summed E-state index contributed by atoms with van der Waals surface area (Å²) < 4.78 is 1.32. The van der Waals surface area contributed by atoms with Crippen molar-refractivity contribution in [3.8, 4) is 0 Å². The van der Waals surface area contributed by atoms with E-state index in [0.717, 1.165) is 6.54 Å². The summed E-state index contributed by atoms with van der Waals surface area (Å²) >= 11 is 1.84. The first kappa shape index (κ1) is 10.2. The fraction of sp³-hybridized carbons (Fsp3) is 0.462. The minimum absolute atomic E-state index is 0.469. The number of thiazole rings is 1. The van der Waals surface area contributed by atoms with Gasteiger partial charge in [0.1, 0.15) is 5.01 Å². The molecule has 0 amide bonds. The second-order valence-electron chi connectivity index (χ2n) is 4.67. The lowest BCUT2D eigenvalue weighted by Gasteiger charge is -2.11. The van der Waals surface area contributed by atoms with Gasteiger partial charge in [0.2, 0.25) is 0 Å². The van der Waals surface area contributed by atoms with Crippen molar-refractivity contribution >= 4 is 21.6 Å². The van der Waals surface area contributed by atoms with Crippen LogP contribution in [-0.4, -0.2) is 11.5 Å². The molecule has 2 unspecified atom stereocenters. The lowest BCUT2D eigenvalue weighted by atomic mass is 10.0. The van der Waals surface area contributed by atoms with E-state index in [1.54, 1.807) is 0 Å². The third kappa shape index (κ3) is 1.55. The van der Waals surface area contributed by atoms with Crippen molar-refractivity contribution in [3.63, 3.8) is 0 Å². The van der Waals surface area contributed by atoms with Crippen LogP contribution in [0.25, 0.3) is 10.2 Å². The number of aromatic nitrogens is 1. The fourth-order valence-corrected chi connectivity index (χ4v) is 3.66. The van der Waals surface area contributed by atoms with Gasteiger partial charge < -0.3 is 5.32 Å². The van der Waals surface area contributed by atoms with Gasteiger partial charge in [0.25, 0.3) is 0 Å². The van der Waals surface area contributed by atoms with E-state index in [-0.39, 0.29) is 0 Å². The van der Waals surface area contributed by atoms with E-state index < -0.39 is 0 Å². The average molecular weight is 232 g/mol. The van der Waals surface area contributed by atoms with Crippen LogP contribution in [0.3, 0.4) is 0 Å². The third-order valence-electron chi connectivity index (χ3n) is 3.44. The molecule has 1 aromatic carbocycles. The van der Waals surface area contributed by atoms with Gasteiger partial charge in [-0.2, -0.15) is 0 Å². The molecule has 0 spiro atoms. The molecule has 2 heterocycles. The average Bonchev–Trinajstić information content (AvgIpc) is 2.84. The number of benzene rings is 1. The van der Waals surface area contributed by atoms with Crippen molar-refractivity contribution < 1.29 is 0 Å². The molecule has 2 atom stereocenters. The predicted molar refractivity (Wildman–Crippen MR) is 68.9 cm³/mol. The van der Waals surface area contributed by atoms with Crippen LogP contribution in [0.5, 0.6) is 0 Å². The molecule has 1 N–H and O–H groups in total. The molecular weight excluding hydrogens is 216 g/mol. The van der Waals surface area contributed by atoms with Crippen molar-refractivity contribution in [1.29, 1.82) is 0 Å². The lowest BCUT2D eigenvalue weighted by molar-refractivity contribution is 0.502. The zero-order chi connectivity index (χ0) is 11.1. The Morgan fingerprint density at radius 1 is 1.44 bits per heavy atom. The Bertz CT molecular complexity index is 518. The number of nitrogens with one attached hydrogen (secondary N) is 1. The maximum Gasteiger partial charge on any atom is 0.111 e. The monoisotopic (exact) mass is 232 g/mol. The highest BCUT2D eigenvalue weighted by Gasteiger charge is 2.27. The molecular formula is C13H16N2S. The summed E-state index contributed by atoms with van der Waals surface area (Å²) in [4.78, 5) is 4.80. The van der Waals surface area contributed by atoms with Crippen LogP contribution in [0.15, 0.2) is 18.2 Å². The Morgan fingerprint density at radius 3 is 3.00 bits per heavy atom. The molecule has 0 aliphatic carbocycles. The molecule has 3 heteroatoms. The van der Waals surface area contributed by atoms with Gasteiger partial charge in [0, 0.05) is 0 Å². The predicted octanol–water partition coefficient (Wildman–Crippen LogP) is 3.28. The van der Waals surface area contributed by atoms with Crippen molar-refractivity contribution in [2.45, 2.75) is 26.3 Å². The topological polar surface area (TPSA) is 24.9 Å². The SMILES string of the molecule is Cc1cccc2sc(C3NCCC3C)nc12. The molecule has 84 valence electrons. The molecule has 0 saturated carbocycles. The number of rotatable bonds is 1. The number of para-hydroxylation sites is 1. The number of hydrogen-bond donors (Lipinski definition) is 1. The molecule has 1 aliphatic heterocycles. The van der Waals surface area contributed by atoms with E-state index in [4.69, 9.17) is 4.98 Å². The molecule has 3 rings (SSSR count). The molecule has 1 fully saturated rings. The minimum Gasteiger partial charge on any atom is -0.308 e. The molecule has 1 aromatic heterocycles. The van der Waals surface area contributed by atoms with Gasteiger partial charge in [-0.15, -0.1) is 11.3 Å². The molecule has 1 saturated heterocycles. The van der Waals surface area contributed by atoms with Crippen LogP contribution >= 0.6 is 11.3 Å². The first-order valence-electron chi connectivity index (χ1n) is 5.85. The van der Waals surface area contributed by atoms with E-state index in [2.05, 4.69) is 37.4 Å². The standard InChI is InChI=1S/C13H16N2S/c1-8-4-3-5-10-11(8)15-13(16-10)12-9(2)6-7-14-12/h3-5,9,12,14H,6-7H2,1-2H3. The molecule has 0 radical (unpaired) electrons. The van der Waals surface area contributed by atoms with Crippen LogP contribution in [0.4, 0.5) is 0 Å². The highest BCUT2D eigenvalue weighted by molar-refractivity contribution is 7.18. The van der Waals surface area contributed by atoms with E-state index >= 15 is 0 Å². The van der Waals surface area contributed by atoms with E-state index in [1.165, 1.54) is 27.2 Å². The Labute approximate surface area is 99.7 Å². The molecule has 1 aliphatic rings. The summed E-state index contributed by atoms with van der Waals surface area (Å²) in [5, 5.41) is 4.81. The van der Waals surface area contributed by atoms with Crippen molar-refractivity contribution in [2.24, 2.45) is 5.92 Å². The summed E-state index contributed by atoms with van der Waals surface area (Å²) in [6.07, 6.45) is 1.26. The molecule has 16 heavy (non-hydrogen) atoms. The van der Waals surface area contributed by atoms with Gasteiger partial charge in [-0.1, -0.05) is 19.1 Å². The normalized spacial score (nSPS) is 25.4. The minimum atomic E-state index is 0.469. The number of hydrogen-bond acceptors (Lipinski definition) is 3. The van der Waals surface area contributed by atoms with Crippen molar-refractivity contribution in [2.75, 3.05) is 6.54 Å². The van der Waals surface area contributed by atoms with Crippen molar-refractivity contribution in [3.05, 3.63) is 28.8 Å². The number of aryl methyl sites for hydroxylation is 1. The van der Waals surface area contributed by atoms with Crippen LogP contribution in [0.2, 0.25) is 0 Å². The Kier molecular flexibility index (Phi) is 2.45. The van der Waals surface area contributed by atoms with Gasteiger partial charge in [-0.05, 0) is 37.4 Å². The number of fused-ring (bicyclic) bond motifs is 1. The molecule has 0 bridgehead atoms. The highest BCUT2D eigenvalue weighted by atomic mass is 32.1. The Morgan fingerprint density at radius 2 is 2.31 bits per heavy atom. The van der Waals surface area contributed by atoms with Crippen LogP contribution < -0.4 is 5.32 Å². The summed E-state index contributed by atoms with van der Waals surface area (Å²) in [5.74, 6) is 0.709.